The number of aromatic amines is 1. The van der Waals surface area contributed by atoms with E-state index in [-0.39, 0.29) is 11.5 Å². The van der Waals surface area contributed by atoms with E-state index in [4.69, 9.17) is 0 Å². The lowest BCUT2D eigenvalue weighted by molar-refractivity contribution is 0.102. The second-order valence-corrected chi connectivity index (χ2v) is 7.81. The van der Waals surface area contributed by atoms with Gasteiger partial charge in [0, 0.05) is 16.0 Å². The van der Waals surface area contributed by atoms with Gasteiger partial charge in [-0.05, 0) is 53.7 Å². The van der Waals surface area contributed by atoms with Crippen LogP contribution in [-0.4, -0.2) is 10.9 Å². The number of amides is 1. The van der Waals surface area contributed by atoms with Crippen molar-refractivity contribution in [3.8, 4) is 0 Å². The highest BCUT2D eigenvalue weighted by molar-refractivity contribution is 9.10. The first-order chi connectivity index (χ1) is 11.0. The number of aryl methyl sites for hydroxylation is 1. The zero-order valence-corrected chi connectivity index (χ0v) is 15.4. The number of anilines is 1. The fraction of sp³-hybridized carbons (Fsp3) is 0.412. The largest absolute Gasteiger partial charge is 0.323 e. The lowest BCUT2D eigenvalue weighted by atomic mass is 9.88. The first-order valence-electron chi connectivity index (χ1n) is 7.84. The van der Waals surface area contributed by atoms with Gasteiger partial charge in [0.25, 0.3) is 11.5 Å². The van der Waals surface area contributed by atoms with Crippen molar-refractivity contribution in [3.05, 3.63) is 48.5 Å². The molecule has 2 heterocycles. The Kier molecular flexibility index (Phi) is 5.02. The van der Waals surface area contributed by atoms with E-state index < -0.39 is 0 Å². The minimum atomic E-state index is -0.199. The fourth-order valence-corrected chi connectivity index (χ4v) is 4.38. The van der Waals surface area contributed by atoms with Crippen LogP contribution in [0.1, 0.15) is 59.0 Å². The number of carbonyl (C=O) groups is 1. The molecule has 0 radical (unpaired) electrons. The van der Waals surface area contributed by atoms with E-state index in [1.807, 2.05) is 11.4 Å². The van der Waals surface area contributed by atoms with Gasteiger partial charge in [-0.1, -0.05) is 19.3 Å². The number of halogens is 1. The summed E-state index contributed by atoms with van der Waals surface area (Å²) in [5.74, 6) is 0.476. The number of carbonyl (C=O) groups excluding carboxylic acids is 1. The van der Waals surface area contributed by atoms with Crippen LogP contribution >= 0.6 is 27.3 Å². The summed E-state index contributed by atoms with van der Waals surface area (Å²) < 4.78 is 0.409. The normalized spacial score (nSPS) is 15.6. The van der Waals surface area contributed by atoms with Crippen molar-refractivity contribution >= 4 is 38.9 Å². The van der Waals surface area contributed by atoms with Crippen molar-refractivity contribution in [2.24, 2.45) is 0 Å². The van der Waals surface area contributed by atoms with Crippen LogP contribution < -0.4 is 10.9 Å². The van der Waals surface area contributed by atoms with Gasteiger partial charge in [-0.3, -0.25) is 9.59 Å². The Balaban J connectivity index is 1.75. The van der Waals surface area contributed by atoms with Gasteiger partial charge in [0.2, 0.25) is 0 Å². The number of H-pyrrole nitrogens is 1. The highest BCUT2D eigenvalue weighted by Crippen LogP contribution is 2.36. The van der Waals surface area contributed by atoms with Crippen LogP contribution in [0.25, 0.3) is 0 Å². The molecule has 1 aliphatic rings. The molecule has 0 atom stereocenters. The number of aromatic nitrogens is 1. The number of pyridine rings is 1. The Labute approximate surface area is 147 Å². The predicted molar refractivity (Wildman–Crippen MR) is 97.6 cm³/mol. The lowest BCUT2D eigenvalue weighted by Gasteiger charge is -2.19. The third-order valence-electron chi connectivity index (χ3n) is 4.33. The van der Waals surface area contributed by atoms with E-state index in [0.29, 0.717) is 27.3 Å². The number of nitrogens with one attached hydrogen (secondary N) is 2. The molecule has 2 aromatic rings. The molecular formula is C17H19BrN2O2S. The van der Waals surface area contributed by atoms with E-state index in [0.717, 1.165) is 0 Å². The Morgan fingerprint density at radius 1 is 1.30 bits per heavy atom. The Bertz CT molecular complexity index is 775. The monoisotopic (exact) mass is 394 g/mol. The van der Waals surface area contributed by atoms with E-state index in [1.54, 1.807) is 24.3 Å². The summed E-state index contributed by atoms with van der Waals surface area (Å²) in [6.45, 7) is 1.77. The molecule has 4 nitrogen and oxygen atoms in total. The molecule has 0 spiro atoms. The summed E-state index contributed by atoms with van der Waals surface area (Å²) in [6.07, 6.45) is 6.36. The highest BCUT2D eigenvalue weighted by Gasteiger charge is 2.19. The second-order valence-electron chi connectivity index (χ2n) is 6.01. The van der Waals surface area contributed by atoms with Crippen molar-refractivity contribution in [1.82, 2.24) is 4.98 Å². The number of hydrogen-bond donors (Lipinski definition) is 2. The van der Waals surface area contributed by atoms with Crippen molar-refractivity contribution < 1.29 is 4.79 Å². The van der Waals surface area contributed by atoms with E-state index in [2.05, 4.69) is 26.2 Å². The van der Waals surface area contributed by atoms with Gasteiger partial charge < -0.3 is 10.3 Å². The van der Waals surface area contributed by atoms with Crippen LogP contribution in [0.5, 0.6) is 0 Å². The van der Waals surface area contributed by atoms with E-state index >= 15 is 0 Å². The zero-order valence-electron chi connectivity index (χ0n) is 12.9. The lowest BCUT2D eigenvalue weighted by Crippen LogP contribution is -2.16. The van der Waals surface area contributed by atoms with Crippen molar-refractivity contribution in [3.63, 3.8) is 0 Å². The Morgan fingerprint density at radius 3 is 2.78 bits per heavy atom. The van der Waals surface area contributed by atoms with Crippen molar-refractivity contribution in [2.75, 3.05) is 5.32 Å². The second kappa shape index (κ2) is 7.01. The molecule has 0 bridgehead atoms. The zero-order chi connectivity index (χ0) is 16.4. The molecule has 0 aromatic carbocycles. The average Bonchev–Trinajstić information content (AvgIpc) is 3.03. The van der Waals surface area contributed by atoms with Crippen molar-refractivity contribution in [1.29, 1.82) is 0 Å². The molecule has 1 amide bonds. The maximum atomic E-state index is 12.4. The molecule has 6 heteroatoms. The Morgan fingerprint density at radius 2 is 2.04 bits per heavy atom. The SMILES string of the molecule is Cc1[nH]c(=O)c(Br)cc1NC(=O)c1csc(C2CCCCC2)c1. The summed E-state index contributed by atoms with van der Waals surface area (Å²) >= 11 is 4.87. The maximum Gasteiger partial charge on any atom is 0.262 e. The topological polar surface area (TPSA) is 62.0 Å². The summed E-state index contributed by atoms with van der Waals surface area (Å²) in [6, 6.07) is 3.66. The van der Waals surface area contributed by atoms with Crippen molar-refractivity contribution in [2.45, 2.75) is 44.9 Å². The summed E-state index contributed by atoms with van der Waals surface area (Å²) in [5, 5.41) is 4.80. The van der Waals surface area contributed by atoms with Gasteiger partial charge in [-0.25, -0.2) is 0 Å². The predicted octanol–water partition coefficient (Wildman–Crippen LogP) is 4.81. The molecule has 2 N–H and O–H groups in total. The molecular weight excluding hydrogens is 376 g/mol. The van der Waals surface area contributed by atoms with Gasteiger partial charge in [0.15, 0.2) is 0 Å². The van der Waals surface area contributed by atoms with E-state index in [1.165, 1.54) is 37.0 Å². The van der Waals surface area contributed by atoms with Gasteiger partial charge in [0.05, 0.1) is 15.7 Å². The summed E-state index contributed by atoms with van der Waals surface area (Å²) in [7, 11) is 0. The van der Waals surface area contributed by atoms with Crippen LogP contribution in [0.15, 0.2) is 26.8 Å². The molecule has 1 aliphatic carbocycles. The maximum absolute atomic E-state index is 12.4. The molecule has 1 fully saturated rings. The van der Waals surface area contributed by atoms with Crippen LogP contribution in [0.3, 0.4) is 0 Å². The molecule has 0 saturated heterocycles. The molecule has 3 rings (SSSR count). The first-order valence-corrected chi connectivity index (χ1v) is 9.51. The molecule has 2 aromatic heterocycles. The molecule has 122 valence electrons. The van der Waals surface area contributed by atoms with Gasteiger partial charge in [0.1, 0.15) is 0 Å². The summed E-state index contributed by atoms with van der Waals surface area (Å²) in [4.78, 5) is 28.0. The minimum Gasteiger partial charge on any atom is -0.323 e. The minimum absolute atomic E-state index is 0.134. The first kappa shape index (κ1) is 16.5. The van der Waals surface area contributed by atoms with Gasteiger partial charge >= 0.3 is 0 Å². The quantitative estimate of drug-likeness (QED) is 0.784. The number of thiophene rings is 1. The smallest absolute Gasteiger partial charge is 0.262 e. The summed E-state index contributed by atoms with van der Waals surface area (Å²) in [5.41, 5.74) is 1.76. The Hall–Kier alpha value is -1.40. The molecule has 0 aliphatic heterocycles. The van der Waals surface area contributed by atoms with Crippen LogP contribution in [-0.2, 0) is 0 Å². The number of hydrogen-bond acceptors (Lipinski definition) is 3. The van der Waals surface area contributed by atoms with Crippen LogP contribution in [0, 0.1) is 6.92 Å². The van der Waals surface area contributed by atoms with Crippen LogP contribution in [0.2, 0.25) is 0 Å². The third-order valence-corrected chi connectivity index (χ3v) is 6.01. The highest BCUT2D eigenvalue weighted by atomic mass is 79.9. The molecule has 23 heavy (non-hydrogen) atoms. The number of rotatable bonds is 3. The average molecular weight is 395 g/mol. The standard InChI is InChI=1S/C17H19BrN2O2S/c1-10-14(8-13(18)17(22)19-10)20-16(21)12-7-15(23-9-12)11-5-3-2-4-6-11/h7-9,11H,2-6H2,1H3,(H,19,22)(H,20,21). The van der Waals surface area contributed by atoms with Crippen LogP contribution in [0.4, 0.5) is 5.69 Å². The van der Waals surface area contributed by atoms with E-state index in [9.17, 15) is 9.59 Å². The third kappa shape index (κ3) is 3.75. The fourth-order valence-electron chi connectivity index (χ4n) is 3.00. The van der Waals surface area contributed by atoms with Gasteiger partial charge in [-0.2, -0.15) is 0 Å². The van der Waals surface area contributed by atoms with Gasteiger partial charge in [-0.15, -0.1) is 11.3 Å². The molecule has 0 unspecified atom stereocenters. The molecule has 1 saturated carbocycles.